The first-order chi connectivity index (χ1) is 8.72. The number of aryl methyl sites for hydroxylation is 1. The van der Waals surface area contributed by atoms with Crippen LogP contribution in [0, 0.1) is 6.92 Å². The second kappa shape index (κ2) is 5.45. The molecule has 0 aliphatic carbocycles. The van der Waals surface area contributed by atoms with Crippen LogP contribution in [-0.2, 0) is 9.53 Å². The third-order valence-electron chi connectivity index (χ3n) is 2.69. The van der Waals surface area contributed by atoms with Crippen molar-refractivity contribution in [3.8, 4) is 0 Å². The van der Waals surface area contributed by atoms with Gasteiger partial charge in [-0.15, -0.1) is 0 Å². The summed E-state index contributed by atoms with van der Waals surface area (Å²) < 4.78 is 4.85. The van der Waals surface area contributed by atoms with Crippen molar-refractivity contribution in [2.75, 3.05) is 6.61 Å². The SMILES string of the molecule is CCOC(=O)/C=C/c1ncc(C)c2ccccc12. The number of carbonyl (C=O) groups is 1. The molecule has 0 unspecified atom stereocenters. The Morgan fingerprint density at radius 1 is 1.33 bits per heavy atom. The average molecular weight is 241 g/mol. The number of benzene rings is 1. The summed E-state index contributed by atoms with van der Waals surface area (Å²) in [4.78, 5) is 15.6. The van der Waals surface area contributed by atoms with E-state index in [1.807, 2.05) is 37.4 Å². The van der Waals surface area contributed by atoms with Crippen LogP contribution in [0.4, 0.5) is 0 Å². The average Bonchev–Trinajstić information content (AvgIpc) is 2.39. The van der Waals surface area contributed by atoms with Crippen molar-refractivity contribution in [2.24, 2.45) is 0 Å². The van der Waals surface area contributed by atoms with Gasteiger partial charge in [0.15, 0.2) is 0 Å². The first-order valence-corrected chi connectivity index (χ1v) is 5.91. The molecule has 1 aromatic carbocycles. The zero-order chi connectivity index (χ0) is 13.0. The van der Waals surface area contributed by atoms with Crippen LogP contribution >= 0.6 is 0 Å². The molecule has 0 bridgehead atoms. The summed E-state index contributed by atoms with van der Waals surface area (Å²) in [7, 11) is 0. The zero-order valence-corrected chi connectivity index (χ0v) is 10.5. The predicted octanol–water partition coefficient (Wildman–Crippen LogP) is 3.12. The molecule has 0 amide bonds. The molecule has 0 fully saturated rings. The molecular formula is C15H15NO2. The smallest absolute Gasteiger partial charge is 0.330 e. The Balaban J connectivity index is 2.40. The second-order valence-corrected chi connectivity index (χ2v) is 3.96. The van der Waals surface area contributed by atoms with Crippen molar-refractivity contribution < 1.29 is 9.53 Å². The Hall–Kier alpha value is -2.16. The molecule has 1 heterocycles. The molecule has 92 valence electrons. The highest BCUT2D eigenvalue weighted by atomic mass is 16.5. The molecule has 0 spiro atoms. The van der Waals surface area contributed by atoms with Crippen molar-refractivity contribution in [3.63, 3.8) is 0 Å². The summed E-state index contributed by atoms with van der Waals surface area (Å²) in [6.07, 6.45) is 4.92. The Kier molecular flexibility index (Phi) is 3.72. The van der Waals surface area contributed by atoms with Crippen LogP contribution < -0.4 is 0 Å². The van der Waals surface area contributed by atoms with Gasteiger partial charge in [0.1, 0.15) is 0 Å². The van der Waals surface area contributed by atoms with Gasteiger partial charge in [-0.1, -0.05) is 24.3 Å². The number of rotatable bonds is 3. The number of pyridine rings is 1. The molecule has 0 atom stereocenters. The van der Waals surface area contributed by atoms with Gasteiger partial charge in [-0.3, -0.25) is 4.98 Å². The highest BCUT2D eigenvalue weighted by Crippen LogP contribution is 2.21. The molecule has 0 saturated carbocycles. The number of ether oxygens (including phenoxy) is 1. The maximum atomic E-state index is 11.3. The fourth-order valence-corrected chi connectivity index (χ4v) is 1.83. The van der Waals surface area contributed by atoms with Crippen LogP contribution in [0.2, 0.25) is 0 Å². The summed E-state index contributed by atoms with van der Waals surface area (Å²) in [5, 5.41) is 2.19. The van der Waals surface area contributed by atoms with Crippen LogP contribution in [0.1, 0.15) is 18.2 Å². The van der Waals surface area contributed by atoms with Gasteiger partial charge in [-0.25, -0.2) is 4.79 Å². The van der Waals surface area contributed by atoms with Gasteiger partial charge < -0.3 is 4.74 Å². The van der Waals surface area contributed by atoms with E-state index in [-0.39, 0.29) is 5.97 Å². The third kappa shape index (κ3) is 2.56. The standard InChI is InChI=1S/C15H15NO2/c1-3-18-15(17)9-8-14-13-7-5-4-6-12(13)11(2)10-16-14/h4-10H,3H2,1-2H3/b9-8+. The lowest BCUT2D eigenvalue weighted by Crippen LogP contribution is -1.99. The molecule has 0 N–H and O–H groups in total. The maximum absolute atomic E-state index is 11.3. The van der Waals surface area contributed by atoms with Crippen molar-refractivity contribution in [1.82, 2.24) is 4.98 Å². The van der Waals surface area contributed by atoms with E-state index in [2.05, 4.69) is 4.98 Å². The van der Waals surface area contributed by atoms with E-state index in [9.17, 15) is 4.79 Å². The van der Waals surface area contributed by atoms with E-state index in [1.54, 1.807) is 13.0 Å². The molecule has 3 nitrogen and oxygen atoms in total. The van der Waals surface area contributed by atoms with Crippen molar-refractivity contribution >= 4 is 22.8 Å². The summed E-state index contributed by atoms with van der Waals surface area (Å²) >= 11 is 0. The van der Waals surface area contributed by atoms with Gasteiger partial charge in [0, 0.05) is 17.7 Å². The number of hydrogen-bond acceptors (Lipinski definition) is 3. The first kappa shape index (κ1) is 12.3. The minimum atomic E-state index is -0.344. The molecule has 2 aromatic rings. The van der Waals surface area contributed by atoms with Gasteiger partial charge in [0.2, 0.25) is 0 Å². The number of nitrogens with zero attached hydrogens (tertiary/aromatic N) is 1. The molecule has 2 rings (SSSR count). The van der Waals surface area contributed by atoms with Gasteiger partial charge >= 0.3 is 5.97 Å². The number of aromatic nitrogens is 1. The first-order valence-electron chi connectivity index (χ1n) is 5.91. The number of hydrogen-bond donors (Lipinski definition) is 0. The lowest BCUT2D eigenvalue weighted by molar-refractivity contribution is -0.137. The number of esters is 1. The zero-order valence-electron chi connectivity index (χ0n) is 10.5. The summed E-state index contributed by atoms with van der Waals surface area (Å²) in [6.45, 7) is 4.19. The molecule has 1 aromatic heterocycles. The fraction of sp³-hybridized carbons (Fsp3) is 0.200. The minimum absolute atomic E-state index is 0.344. The van der Waals surface area contributed by atoms with E-state index in [4.69, 9.17) is 4.74 Å². The van der Waals surface area contributed by atoms with Gasteiger partial charge in [0.05, 0.1) is 12.3 Å². The normalized spacial score (nSPS) is 11.0. The van der Waals surface area contributed by atoms with E-state index >= 15 is 0 Å². The van der Waals surface area contributed by atoms with Crippen LogP contribution in [-0.4, -0.2) is 17.6 Å². The quantitative estimate of drug-likeness (QED) is 0.612. The van der Waals surface area contributed by atoms with E-state index < -0.39 is 0 Å². The Morgan fingerprint density at radius 3 is 2.78 bits per heavy atom. The van der Waals surface area contributed by atoms with Crippen LogP contribution in [0.3, 0.4) is 0 Å². The van der Waals surface area contributed by atoms with Crippen LogP contribution in [0.5, 0.6) is 0 Å². The van der Waals surface area contributed by atoms with E-state index in [0.717, 1.165) is 22.0 Å². The Bertz CT molecular complexity index is 602. The van der Waals surface area contributed by atoms with Crippen molar-refractivity contribution in [1.29, 1.82) is 0 Å². The van der Waals surface area contributed by atoms with Gasteiger partial charge in [-0.05, 0) is 30.9 Å². The molecule has 3 heteroatoms. The van der Waals surface area contributed by atoms with Crippen molar-refractivity contribution in [3.05, 3.63) is 47.8 Å². The van der Waals surface area contributed by atoms with Crippen molar-refractivity contribution in [2.45, 2.75) is 13.8 Å². The highest BCUT2D eigenvalue weighted by Gasteiger charge is 2.02. The molecule has 0 aliphatic heterocycles. The van der Waals surface area contributed by atoms with Gasteiger partial charge in [0.25, 0.3) is 0 Å². The molecule has 18 heavy (non-hydrogen) atoms. The lowest BCUT2D eigenvalue weighted by Gasteiger charge is -2.04. The summed E-state index contributed by atoms with van der Waals surface area (Å²) in [5.41, 5.74) is 1.91. The number of carbonyl (C=O) groups excluding carboxylic acids is 1. The van der Waals surface area contributed by atoms with Gasteiger partial charge in [-0.2, -0.15) is 0 Å². The maximum Gasteiger partial charge on any atom is 0.330 e. The molecule has 0 radical (unpaired) electrons. The fourth-order valence-electron chi connectivity index (χ4n) is 1.83. The van der Waals surface area contributed by atoms with Crippen LogP contribution in [0.15, 0.2) is 36.5 Å². The summed E-state index contributed by atoms with van der Waals surface area (Å²) in [5.74, 6) is -0.344. The molecule has 0 aliphatic rings. The largest absolute Gasteiger partial charge is 0.463 e. The molecule has 0 saturated heterocycles. The monoisotopic (exact) mass is 241 g/mol. The van der Waals surface area contributed by atoms with E-state index in [1.165, 1.54) is 6.08 Å². The molecular weight excluding hydrogens is 226 g/mol. The Labute approximate surface area is 106 Å². The topological polar surface area (TPSA) is 39.2 Å². The number of fused-ring (bicyclic) bond motifs is 1. The van der Waals surface area contributed by atoms with E-state index in [0.29, 0.717) is 6.61 Å². The third-order valence-corrected chi connectivity index (χ3v) is 2.69. The Morgan fingerprint density at radius 2 is 2.06 bits per heavy atom. The lowest BCUT2D eigenvalue weighted by atomic mass is 10.1. The summed E-state index contributed by atoms with van der Waals surface area (Å²) in [6, 6.07) is 8.01. The highest BCUT2D eigenvalue weighted by molar-refractivity contribution is 5.94. The van der Waals surface area contributed by atoms with Crippen LogP contribution in [0.25, 0.3) is 16.8 Å². The minimum Gasteiger partial charge on any atom is -0.463 e. The second-order valence-electron chi connectivity index (χ2n) is 3.96. The predicted molar refractivity (Wildman–Crippen MR) is 72.1 cm³/mol.